The summed E-state index contributed by atoms with van der Waals surface area (Å²) in [6.07, 6.45) is 4.74. The van der Waals surface area contributed by atoms with Crippen molar-refractivity contribution in [1.82, 2.24) is 9.97 Å². The molecule has 4 nitrogen and oxygen atoms in total. The zero-order chi connectivity index (χ0) is 12.2. The number of nitrogens with zero attached hydrogens (tertiary/aromatic N) is 3. The van der Waals surface area contributed by atoms with Gasteiger partial charge in [0.05, 0.1) is 0 Å². The van der Waals surface area contributed by atoms with Gasteiger partial charge in [-0.25, -0.2) is 9.97 Å². The molecule has 0 unspecified atom stereocenters. The van der Waals surface area contributed by atoms with E-state index in [1.165, 1.54) is 0 Å². The first-order valence-corrected chi connectivity index (χ1v) is 5.70. The molecule has 0 fully saturated rings. The van der Waals surface area contributed by atoms with Crippen LogP contribution in [0.2, 0.25) is 0 Å². The Labute approximate surface area is 97.9 Å². The molecule has 0 atom stereocenters. The van der Waals surface area contributed by atoms with Gasteiger partial charge < -0.3 is 10.6 Å². The first-order valence-electron chi connectivity index (χ1n) is 5.70. The number of rotatable bonds is 5. The molecule has 90 valence electrons. The van der Waals surface area contributed by atoms with Crippen LogP contribution in [-0.4, -0.2) is 30.1 Å². The lowest BCUT2D eigenvalue weighted by Gasteiger charge is -2.28. The zero-order valence-electron chi connectivity index (χ0n) is 10.7. The Morgan fingerprint density at radius 3 is 2.31 bits per heavy atom. The lowest BCUT2D eigenvalue weighted by molar-refractivity contribution is 0.383. The van der Waals surface area contributed by atoms with Gasteiger partial charge >= 0.3 is 0 Å². The highest BCUT2D eigenvalue weighted by molar-refractivity contribution is 5.28. The van der Waals surface area contributed by atoms with Gasteiger partial charge in [-0.2, -0.15) is 0 Å². The molecule has 0 saturated carbocycles. The van der Waals surface area contributed by atoms with Crippen molar-refractivity contribution in [1.29, 1.82) is 0 Å². The van der Waals surface area contributed by atoms with Crippen molar-refractivity contribution in [2.75, 3.05) is 25.0 Å². The number of hydrogen-bond donors (Lipinski definition) is 1. The molecule has 0 aliphatic heterocycles. The molecule has 0 aromatic carbocycles. The molecular formula is C12H22N4. The van der Waals surface area contributed by atoms with Gasteiger partial charge in [0.1, 0.15) is 0 Å². The number of nitrogens with two attached hydrogens (primary N) is 1. The SMILES string of the molecule is CCc1cnc(N(C)CC(C)(C)CN)nc1. The maximum atomic E-state index is 5.71. The molecule has 1 rings (SSSR count). The quantitative estimate of drug-likeness (QED) is 0.819. The number of aryl methyl sites for hydroxylation is 1. The van der Waals surface area contributed by atoms with Gasteiger partial charge in [-0.05, 0) is 23.9 Å². The lowest BCUT2D eigenvalue weighted by atomic mass is 9.93. The van der Waals surface area contributed by atoms with Crippen molar-refractivity contribution in [3.63, 3.8) is 0 Å². The van der Waals surface area contributed by atoms with Crippen LogP contribution in [0.4, 0.5) is 5.95 Å². The van der Waals surface area contributed by atoms with Crippen LogP contribution in [0.1, 0.15) is 26.3 Å². The Bertz CT molecular complexity index is 318. The minimum atomic E-state index is 0.0849. The summed E-state index contributed by atoms with van der Waals surface area (Å²) in [4.78, 5) is 10.7. The van der Waals surface area contributed by atoms with Crippen LogP contribution in [0, 0.1) is 5.41 Å². The van der Waals surface area contributed by atoms with Crippen LogP contribution in [0.3, 0.4) is 0 Å². The van der Waals surface area contributed by atoms with Crippen LogP contribution in [0.5, 0.6) is 0 Å². The molecule has 0 bridgehead atoms. The maximum Gasteiger partial charge on any atom is 0.225 e. The largest absolute Gasteiger partial charge is 0.343 e. The summed E-state index contributed by atoms with van der Waals surface area (Å²) >= 11 is 0. The highest BCUT2D eigenvalue weighted by Crippen LogP contribution is 2.16. The third-order valence-electron chi connectivity index (χ3n) is 2.66. The summed E-state index contributed by atoms with van der Waals surface area (Å²) in [7, 11) is 2.00. The number of anilines is 1. The monoisotopic (exact) mass is 222 g/mol. The second-order valence-corrected chi connectivity index (χ2v) is 4.97. The summed E-state index contributed by atoms with van der Waals surface area (Å²) in [6, 6.07) is 0. The Hall–Kier alpha value is -1.16. The van der Waals surface area contributed by atoms with Gasteiger partial charge in [0.25, 0.3) is 0 Å². The molecule has 0 saturated heterocycles. The van der Waals surface area contributed by atoms with Gasteiger partial charge in [-0.3, -0.25) is 0 Å². The first kappa shape index (κ1) is 12.9. The molecule has 0 aliphatic carbocycles. The van der Waals surface area contributed by atoms with Crippen LogP contribution in [-0.2, 0) is 6.42 Å². The van der Waals surface area contributed by atoms with Crippen LogP contribution >= 0.6 is 0 Å². The van der Waals surface area contributed by atoms with Crippen molar-refractivity contribution in [2.24, 2.45) is 11.1 Å². The first-order chi connectivity index (χ1) is 7.48. The van der Waals surface area contributed by atoms with Crippen LogP contribution < -0.4 is 10.6 Å². The highest BCUT2D eigenvalue weighted by atomic mass is 15.2. The van der Waals surface area contributed by atoms with Gasteiger partial charge in [0.15, 0.2) is 0 Å². The molecule has 2 N–H and O–H groups in total. The topological polar surface area (TPSA) is 55.0 Å². The summed E-state index contributed by atoms with van der Waals surface area (Å²) in [5.74, 6) is 0.763. The molecule has 0 amide bonds. The van der Waals surface area contributed by atoms with Gasteiger partial charge in [-0.15, -0.1) is 0 Å². The third-order valence-corrected chi connectivity index (χ3v) is 2.66. The third kappa shape index (κ3) is 3.45. The van der Waals surface area contributed by atoms with E-state index in [4.69, 9.17) is 5.73 Å². The second kappa shape index (κ2) is 5.25. The number of aromatic nitrogens is 2. The van der Waals surface area contributed by atoms with Crippen LogP contribution in [0.15, 0.2) is 12.4 Å². The fourth-order valence-corrected chi connectivity index (χ4v) is 1.50. The number of hydrogen-bond acceptors (Lipinski definition) is 4. The van der Waals surface area contributed by atoms with Crippen molar-refractivity contribution in [2.45, 2.75) is 27.2 Å². The van der Waals surface area contributed by atoms with E-state index >= 15 is 0 Å². The molecular weight excluding hydrogens is 200 g/mol. The predicted octanol–water partition coefficient (Wildman–Crippen LogP) is 1.46. The van der Waals surface area contributed by atoms with Crippen molar-refractivity contribution in [3.05, 3.63) is 18.0 Å². The summed E-state index contributed by atoms with van der Waals surface area (Å²) in [6.45, 7) is 7.90. The molecule has 0 spiro atoms. The van der Waals surface area contributed by atoms with Crippen LogP contribution in [0.25, 0.3) is 0 Å². The van der Waals surface area contributed by atoms with E-state index in [-0.39, 0.29) is 5.41 Å². The smallest absolute Gasteiger partial charge is 0.225 e. The van der Waals surface area contributed by atoms with Crippen molar-refractivity contribution < 1.29 is 0 Å². The minimum absolute atomic E-state index is 0.0849. The molecule has 4 heteroatoms. The summed E-state index contributed by atoms with van der Waals surface area (Å²) in [5.41, 5.74) is 6.96. The molecule has 1 aromatic heterocycles. The minimum Gasteiger partial charge on any atom is -0.343 e. The lowest BCUT2D eigenvalue weighted by Crippen LogP contribution is -2.37. The zero-order valence-corrected chi connectivity index (χ0v) is 10.7. The Morgan fingerprint density at radius 1 is 1.31 bits per heavy atom. The standard InChI is InChI=1S/C12H22N4/c1-5-10-6-14-11(15-7-10)16(4)9-12(2,3)8-13/h6-7H,5,8-9,13H2,1-4H3. The molecule has 1 aromatic rings. The highest BCUT2D eigenvalue weighted by Gasteiger charge is 2.19. The molecule has 1 heterocycles. The molecule has 16 heavy (non-hydrogen) atoms. The fraction of sp³-hybridized carbons (Fsp3) is 0.667. The second-order valence-electron chi connectivity index (χ2n) is 4.97. The van der Waals surface area contributed by atoms with Gasteiger partial charge in [0, 0.05) is 26.0 Å². The fourth-order valence-electron chi connectivity index (χ4n) is 1.50. The van der Waals surface area contributed by atoms with Crippen molar-refractivity contribution >= 4 is 5.95 Å². The van der Waals surface area contributed by atoms with E-state index < -0.39 is 0 Å². The molecule has 0 aliphatic rings. The Kier molecular flexibility index (Phi) is 4.24. The van der Waals surface area contributed by atoms with Crippen molar-refractivity contribution in [3.8, 4) is 0 Å². The average molecular weight is 222 g/mol. The Balaban J connectivity index is 2.69. The normalized spacial score (nSPS) is 11.6. The van der Waals surface area contributed by atoms with E-state index in [2.05, 4.69) is 30.7 Å². The van der Waals surface area contributed by atoms with Gasteiger partial charge in [0.2, 0.25) is 5.95 Å². The van der Waals surface area contributed by atoms with E-state index in [0.717, 1.165) is 24.5 Å². The van der Waals surface area contributed by atoms with Gasteiger partial charge in [-0.1, -0.05) is 20.8 Å². The Morgan fingerprint density at radius 2 is 1.88 bits per heavy atom. The average Bonchev–Trinajstić information content (AvgIpc) is 2.28. The van der Waals surface area contributed by atoms with E-state index in [1.54, 1.807) is 0 Å². The molecule has 0 radical (unpaired) electrons. The van der Waals surface area contributed by atoms with E-state index in [9.17, 15) is 0 Å². The summed E-state index contributed by atoms with van der Waals surface area (Å²) in [5, 5.41) is 0. The summed E-state index contributed by atoms with van der Waals surface area (Å²) < 4.78 is 0. The van der Waals surface area contributed by atoms with E-state index in [0.29, 0.717) is 6.54 Å². The maximum absolute atomic E-state index is 5.71. The van der Waals surface area contributed by atoms with E-state index in [1.807, 2.05) is 24.3 Å². The predicted molar refractivity (Wildman–Crippen MR) is 67.5 cm³/mol.